The average molecular weight is 277 g/mol. The minimum absolute atomic E-state index is 0.535. The van der Waals surface area contributed by atoms with Gasteiger partial charge < -0.3 is 8.85 Å². The van der Waals surface area contributed by atoms with Gasteiger partial charge in [-0.05, 0) is 23.1 Å². The summed E-state index contributed by atoms with van der Waals surface area (Å²) in [6.45, 7) is 10.1. The summed E-state index contributed by atoms with van der Waals surface area (Å²) < 4.78 is 11.7. The van der Waals surface area contributed by atoms with Gasteiger partial charge in [-0.3, -0.25) is 0 Å². The van der Waals surface area contributed by atoms with E-state index in [-0.39, 0.29) is 0 Å². The van der Waals surface area contributed by atoms with Gasteiger partial charge in [0.1, 0.15) is 0 Å². The first-order chi connectivity index (χ1) is 9.08. The third kappa shape index (κ3) is 7.98. The van der Waals surface area contributed by atoms with E-state index >= 15 is 0 Å². The quantitative estimate of drug-likeness (QED) is 0.667. The van der Waals surface area contributed by atoms with Crippen molar-refractivity contribution in [1.82, 2.24) is 0 Å². The molecule has 0 aromatic heterocycles. The van der Waals surface area contributed by atoms with Crippen LogP contribution in [0.1, 0.15) is 33.3 Å². The summed E-state index contributed by atoms with van der Waals surface area (Å²) in [4.78, 5) is 0. The van der Waals surface area contributed by atoms with E-state index in [0.717, 1.165) is 13.2 Å². The molecule has 0 aliphatic heterocycles. The lowest BCUT2D eigenvalue weighted by Gasteiger charge is -2.15. The molecule has 0 heterocycles. The maximum atomic E-state index is 5.87. The first-order valence-corrected chi connectivity index (χ1v) is 8.33. The zero-order valence-corrected chi connectivity index (χ0v) is 13.4. The molecule has 0 aliphatic rings. The fraction of sp³-hybridized carbons (Fsp3) is 0.500. The van der Waals surface area contributed by atoms with Gasteiger partial charge in [0.2, 0.25) is 0 Å². The van der Waals surface area contributed by atoms with Crippen molar-refractivity contribution >= 4 is 15.4 Å². The zero-order valence-electron chi connectivity index (χ0n) is 12.4. The third-order valence-corrected chi connectivity index (χ3v) is 3.67. The predicted octanol–water partition coefficient (Wildman–Crippen LogP) is 4.07. The van der Waals surface area contributed by atoms with Crippen LogP contribution >= 0.6 is 0 Å². The largest absolute Gasteiger partial charge is 0.415 e. The van der Waals surface area contributed by atoms with Crippen LogP contribution in [-0.4, -0.2) is 22.5 Å². The van der Waals surface area contributed by atoms with Crippen LogP contribution in [0.2, 0.25) is 0 Å². The smallest absolute Gasteiger partial charge is 0.390 e. The molecule has 0 bridgehead atoms. The summed E-state index contributed by atoms with van der Waals surface area (Å²) >= 11 is 0. The van der Waals surface area contributed by atoms with Crippen molar-refractivity contribution in [1.29, 1.82) is 0 Å². The Labute approximate surface area is 119 Å². The molecule has 1 rings (SSSR count). The molecule has 19 heavy (non-hydrogen) atoms. The Morgan fingerprint density at radius 3 is 1.95 bits per heavy atom. The molecule has 2 nitrogen and oxygen atoms in total. The van der Waals surface area contributed by atoms with Crippen LogP contribution in [0, 0.1) is 11.8 Å². The summed E-state index contributed by atoms with van der Waals surface area (Å²) in [5, 5.41) is 0. The van der Waals surface area contributed by atoms with Crippen molar-refractivity contribution in [2.75, 3.05) is 13.2 Å². The highest BCUT2D eigenvalue weighted by molar-refractivity contribution is 6.51. The monoisotopic (exact) mass is 277 g/mol. The molecule has 1 aromatic rings. The Bertz CT molecular complexity index is 348. The summed E-state index contributed by atoms with van der Waals surface area (Å²) in [7, 11) is -1.31. The molecule has 105 valence electrons. The van der Waals surface area contributed by atoms with Crippen molar-refractivity contribution in [3.8, 4) is 0 Å². The minimum atomic E-state index is -1.31. The Kier molecular flexibility index (Phi) is 7.71. The van der Waals surface area contributed by atoms with E-state index in [0.29, 0.717) is 11.8 Å². The van der Waals surface area contributed by atoms with Crippen LogP contribution in [-0.2, 0) is 8.85 Å². The highest BCUT2D eigenvalue weighted by Crippen LogP contribution is 2.06. The first-order valence-electron chi connectivity index (χ1n) is 6.93. The highest BCUT2D eigenvalue weighted by atomic mass is 28.3. The zero-order chi connectivity index (χ0) is 14.1. The molecule has 0 aliphatic carbocycles. The molecule has 0 spiro atoms. The molecular formula is C16H25O2Si. The average Bonchev–Trinajstić information content (AvgIpc) is 2.38. The van der Waals surface area contributed by atoms with Crippen molar-refractivity contribution in [3.05, 3.63) is 41.6 Å². The fourth-order valence-corrected chi connectivity index (χ4v) is 2.96. The Balaban J connectivity index is 2.54. The van der Waals surface area contributed by atoms with Crippen LogP contribution < -0.4 is 0 Å². The second-order valence-electron chi connectivity index (χ2n) is 5.47. The lowest BCUT2D eigenvalue weighted by atomic mass is 10.2. The van der Waals surface area contributed by atoms with E-state index in [1.807, 2.05) is 18.2 Å². The molecule has 1 aromatic carbocycles. The molecule has 3 heteroatoms. The molecule has 0 amide bonds. The normalized spacial score (nSPS) is 12.2. The standard InChI is InChI=1S/C16H25O2Si/c1-14(2)12-17-19(18-13-15(3)4)11-10-16-8-6-5-7-9-16/h5-11,14-15H,12-13H2,1-4H3. The van der Waals surface area contributed by atoms with Gasteiger partial charge >= 0.3 is 9.28 Å². The maximum Gasteiger partial charge on any atom is 0.415 e. The summed E-state index contributed by atoms with van der Waals surface area (Å²) in [5.74, 6) is 1.07. The fourth-order valence-electron chi connectivity index (χ4n) is 1.36. The third-order valence-electron chi connectivity index (χ3n) is 2.33. The molecule has 0 saturated carbocycles. The van der Waals surface area contributed by atoms with E-state index in [2.05, 4.69) is 51.6 Å². The number of benzene rings is 1. The van der Waals surface area contributed by atoms with E-state index in [1.165, 1.54) is 5.56 Å². The topological polar surface area (TPSA) is 18.5 Å². The van der Waals surface area contributed by atoms with E-state index in [1.54, 1.807) is 0 Å². The van der Waals surface area contributed by atoms with E-state index in [4.69, 9.17) is 8.85 Å². The maximum absolute atomic E-state index is 5.87. The van der Waals surface area contributed by atoms with Gasteiger partial charge in [-0.2, -0.15) is 0 Å². The Hall–Kier alpha value is -0.903. The van der Waals surface area contributed by atoms with Crippen LogP contribution in [0.5, 0.6) is 0 Å². The van der Waals surface area contributed by atoms with Crippen molar-refractivity contribution in [2.45, 2.75) is 27.7 Å². The van der Waals surface area contributed by atoms with Crippen molar-refractivity contribution in [3.63, 3.8) is 0 Å². The van der Waals surface area contributed by atoms with Gasteiger partial charge in [0.25, 0.3) is 0 Å². The molecule has 1 radical (unpaired) electrons. The van der Waals surface area contributed by atoms with Crippen LogP contribution in [0.25, 0.3) is 6.08 Å². The van der Waals surface area contributed by atoms with Gasteiger partial charge in [0.05, 0.1) is 0 Å². The second kappa shape index (κ2) is 9.07. The van der Waals surface area contributed by atoms with E-state index < -0.39 is 9.28 Å². The number of rotatable bonds is 8. The van der Waals surface area contributed by atoms with Crippen LogP contribution in [0.15, 0.2) is 36.0 Å². The SMILES string of the molecule is CC(C)CO[Si](C=Cc1ccccc1)OCC(C)C. The molecular weight excluding hydrogens is 252 g/mol. The Morgan fingerprint density at radius 1 is 0.947 bits per heavy atom. The second-order valence-corrected chi connectivity index (χ2v) is 7.02. The van der Waals surface area contributed by atoms with Crippen molar-refractivity contribution in [2.24, 2.45) is 11.8 Å². The van der Waals surface area contributed by atoms with E-state index in [9.17, 15) is 0 Å². The van der Waals surface area contributed by atoms with Gasteiger partial charge in [-0.15, -0.1) is 0 Å². The minimum Gasteiger partial charge on any atom is -0.390 e. The van der Waals surface area contributed by atoms with Gasteiger partial charge in [-0.25, -0.2) is 0 Å². The molecule has 0 fully saturated rings. The van der Waals surface area contributed by atoms with Crippen LogP contribution in [0.4, 0.5) is 0 Å². The predicted molar refractivity (Wildman–Crippen MR) is 82.8 cm³/mol. The van der Waals surface area contributed by atoms with Gasteiger partial charge in [-0.1, -0.05) is 64.1 Å². The van der Waals surface area contributed by atoms with Crippen LogP contribution in [0.3, 0.4) is 0 Å². The molecule has 0 N–H and O–H groups in total. The molecule has 0 unspecified atom stereocenters. The first kappa shape index (κ1) is 16.2. The summed E-state index contributed by atoms with van der Waals surface area (Å²) in [5.41, 5.74) is 3.27. The molecule has 0 saturated heterocycles. The molecule has 0 atom stereocenters. The lowest BCUT2D eigenvalue weighted by Crippen LogP contribution is -2.25. The number of hydrogen-bond acceptors (Lipinski definition) is 2. The highest BCUT2D eigenvalue weighted by Gasteiger charge is 2.13. The van der Waals surface area contributed by atoms with Crippen molar-refractivity contribution < 1.29 is 8.85 Å². The summed E-state index contributed by atoms with van der Waals surface area (Å²) in [6.07, 6.45) is 2.09. The Morgan fingerprint density at radius 2 is 1.47 bits per heavy atom. The van der Waals surface area contributed by atoms with Gasteiger partial charge in [0.15, 0.2) is 0 Å². The van der Waals surface area contributed by atoms with Gasteiger partial charge in [0, 0.05) is 13.2 Å². The number of hydrogen-bond donors (Lipinski definition) is 0. The summed E-state index contributed by atoms with van der Waals surface area (Å²) in [6, 6.07) is 10.3. The lowest BCUT2D eigenvalue weighted by molar-refractivity contribution is 0.172.